The molecule has 72 valence electrons. The summed E-state index contributed by atoms with van der Waals surface area (Å²) in [4.78, 5) is 4.11. The second-order valence-electron chi connectivity index (χ2n) is 3.55. The molecule has 0 amide bonds. The number of nitrogens with two attached hydrogens (primary N) is 1. The van der Waals surface area contributed by atoms with E-state index in [-0.39, 0.29) is 5.54 Å². The lowest BCUT2D eigenvalue weighted by Gasteiger charge is -2.25. The topological polar surface area (TPSA) is 50.9 Å². The second-order valence-corrected chi connectivity index (χ2v) is 3.95. The molecule has 3 nitrogen and oxygen atoms in total. The molecule has 0 unspecified atom stereocenters. The number of rotatable bonds is 3. The van der Waals surface area contributed by atoms with Crippen LogP contribution in [0.15, 0.2) is 18.3 Å². The summed E-state index contributed by atoms with van der Waals surface area (Å²) >= 11 is 5.92. The predicted molar refractivity (Wildman–Crippen MR) is 56.0 cm³/mol. The molecule has 0 radical (unpaired) electrons. The minimum Gasteiger partial charge on any atom is -0.363 e. The van der Waals surface area contributed by atoms with Crippen LogP contribution in [0.3, 0.4) is 0 Å². The Morgan fingerprint density at radius 1 is 1.62 bits per heavy atom. The number of nitrogens with zero attached hydrogens (tertiary/aromatic N) is 1. The first-order valence-corrected chi connectivity index (χ1v) is 4.52. The third-order valence-electron chi connectivity index (χ3n) is 1.73. The molecule has 0 saturated carbocycles. The van der Waals surface area contributed by atoms with Crippen LogP contribution in [0.25, 0.3) is 0 Å². The fourth-order valence-corrected chi connectivity index (χ4v) is 1.02. The molecule has 0 bridgehead atoms. The van der Waals surface area contributed by atoms with E-state index in [1.165, 1.54) is 0 Å². The highest BCUT2D eigenvalue weighted by Gasteiger charge is 2.16. The van der Waals surface area contributed by atoms with Crippen LogP contribution in [-0.2, 0) is 0 Å². The van der Waals surface area contributed by atoms with Crippen molar-refractivity contribution < 1.29 is 0 Å². The predicted octanol–water partition coefficient (Wildman–Crippen LogP) is 1.88. The molecule has 0 atom stereocenters. The van der Waals surface area contributed by atoms with Crippen LogP contribution in [0.1, 0.15) is 13.8 Å². The number of hydrogen-bond acceptors (Lipinski definition) is 3. The van der Waals surface area contributed by atoms with E-state index in [1.54, 1.807) is 18.3 Å². The van der Waals surface area contributed by atoms with Crippen LogP contribution in [0.4, 0.5) is 5.82 Å². The quantitative estimate of drug-likeness (QED) is 0.782. The molecule has 1 aromatic rings. The largest absolute Gasteiger partial charge is 0.363 e. The van der Waals surface area contributed by atoms with Crippen molar-refractivity contribution in [1.82, 2.24) is 4.98 Å². The highest BCUT2D eigenvalue weighted by molar-refractivity contribution is 6.32. The lowest BCUT2D eigenvalue weighted by Crippen LogP contribution is -2.39. The lowest BCUT2D eigenvalue weighted by molar-refractivity contribution is 0.577. The van der Waals surface area contributed by atoms with Crippen LogP contribution in [-0.4, -0.2) is 17.1 Å². The standard InChI is InChI=1S/C9H14ClN3/c1-9(2,6-11)13-8-7(10)4-3-5-12-8/h3-5H,6,11H2,1-2H3,(H,12,13). The SMILES string of the molecule is CC(C)(CN)Nc1ncccc1Cl. The number of halogens is 1. The molecule has 0 fully saturated rings. The number of nitrogens with one attached hydrogen (secondary N) is 1. The van der Waals surface area contributed by atoms with Gasteiger partial charge in [0.15, 0.2) is 0 Å². The average Bonchev–Trinajstić information content (AvgIpc) is 2.09. The van der Waals surface area contributed by atoms with Gasteiger partial charge in [-0.05, 0) is 26.0 Å². The normalized spacial score (nSPS) is 11.4. The van der Waals surface area contributed by atoms with Crippen LogP contribution in [0.2, 0.25) is 5.02 Å². The molecule has 0 aromatic carbocycles. The maximum Gasteiger partial charge on any atom is 0.145 e. The number of anilines is 1. The van der Waals surface area contributed by atoms with E-state index >= 15 is 0 Å². The average molecular weight is 200 g/mol. The van der Waals surface area contributed by atoms with Crippen molar-refractivity contribution in [3.8, 4) is 0 Å². The zero-order valence-electron chi connectivity index (χ0n) is 7.84. The van der Waals surface area contributed by atoms with Gasteiger partial charge in [0.1, 0.15) is 5.82 Å². The van der Waals surface area contributed by atoms with E-state index in [0.29, 0.717) is 17.4 Å². The molecule has 0 spiro atoms. The van der Waals surface area contributed by atoms with Gasteiger partial charge in [-0.25, -0.2) is 4.98 Å². The van der Waals surface area contributed by atoms with Gasteiger partial charge in [-0.1, -0.05) is 11.6 Å². The van der Waals surface area contributed by atoms with Gasteiger partial charge >= 0.3 is 0 Å². The summed E-state index contributed by atoms with van der Waals surface area (Å²) in [6, 6.07) is 3.59. The van der Waals surface area contributed by atoms with Gasteiger partial charge < -0.3 is 11.1 Å². The summed E-state index contributed by atoms with van der Waals surface area (Å²) < 4.78 is 0. The van der Waals surface area contributed by atoms with Gasteiger partial charge in [0.2, 0.25) is 0 Å². The minimum absolute atomic E-state index is 0.183. The molecule has 0 saturated heterocycles. The number of hydrogen-bond donors (Lipinski definition) is 2. The third-order valence-corrected chi connectivity index (χ3v) is 2.03. The van der Waals surface area contributed by atoms with E-state index in [1.807, 2.05) is 13.8 Å². The highest BCUT2D eigenvalue weighted by Crippen LogP contribution is 2.20. The van der Waals surface area contributed by atoms with Crippen LogP contribution < -0.4 is 11.1 Å². The van der Waals surface area contributed by atoms with Crippen molar-refractivity contribution in [3.05, 3.63) is 23.4 Å². The Morgan fingerprint density at radius 2 is 2.31 bits per heavy atom. The van der Waals surface area contributed by atoms with Gasteiger partial charge in [0.05, 0.1) is 5.02 Å². The van der Waals surface area contributed by atoms with Crippen molar-refractivity contribution in [2.45, 2.75) is 19.4 Å². The Morgan fingerprint density at radius 3 is 2.85 bits per heavy atom. The maximum atomic E-state index is 5.92. The Hall–Kier alpha value is -0.800. The monoisotopic (exact) mass is 199 g/mol. The molecule has 0 aliphatic heterocycles. The Labute approximate surface area is 83.3 Å². The molecule has 4 heteroatoms. The van der Waals surface area contributed by atoms with E-state index in [0.717, 1.165) is 0 Å². The number of aromatic nitrogens is 1. The smallest absolute Gasteiger partial charge is 0.145 e. The molecule has 0 aliphatic carbocycles. The van der Waals surface area contributed by atoms with Gasteiger partial charge in [-0.15, -0.1) is 0 Å². The fraction of sp³-hybridized carbons (Fsp3) is 0.444. The van der Waals surface area contributed by atoms with Crippen molar-refractivity contribution in [3.63, 3.8) is 0 Å². The third kappa shape index (κ3) is 2.86. The van der Waals surface area contributed by atoms with Gasteiger partial charge in [-0.2, -0.15) is 0 Å². The first kappa shape index (κ1) is 10.3. The maximum absolute atomic E-state index is 5.92. The first-order chi connectivity index (χ1) is 6.05. The van der Waals surface area contributed by atoms with Crippen molar-refractivity contribution in [2.24, 2.45) is 5.73 Å². The summed E-state index contributed by atoms with van der Waals surface area (Å²) in [6.07, 6.45) is 1.70. The van der Waals surface area contributed by atoms with Crippen molar-refractivity contribution >= 4 is 17.4 Å². The summed E-state index contributed by atoms with van der Waals surface area (Å²) in [5.41, 5.74) is 5.39. The summed E-state index contributed by atoms with van der Waals surface area (Å²) in [6.45, 7) is 4.52. The van der Waals surface area contributed by atoms with Gasteiger partial charge in [-0.3, -0.25) is 0 Å². The molecular formula is C9H14ClN3. The van der Waals surface area contributed by atoms with Crippen LogP contribution in [0, 0.1) is 0 Å². The zero-order chi connectivity index (χ0) is 9.90. The zero-order valence-corrected chi connectivity index (χ0v) is 8.60. The highest BCUT2D eigenvalue weighted by atomic mass is 35.5. The Bertz CT molecular complexity index is 286. The van der Waals surface area contributed by atoms with Gasteiger partial charge in [0.25, 0.3) is 0 Å². The lowest BCUT2D eigenvalue weighted by atomic mass is 10.1. The molecule has 13 heavy (non-hydrogen) atoms. The Kier molecular flexibility index (Phi) is 3.12. The number of pyridine rings is 1. The van der Waals surface area contributed by atoms with E-state index in [4.69, 9.17) is 17.3 Å². The minimum atomic E-state index is -0.183. The van der Waals surface area contributed by atoms with Crippen LogP contribution >= 0.6 is 11.6 Å². The summed E-state index contributed by atoms with van der Waals surface area (Å²) in [5, 5.41) is 3.78. The molecular weight excluding hydrogens is 186 g/mol. The van der Waals surface area contributed by atoms with E-state index in [2.05, 4.69) is 10.3 Å². The Balaban J connectivity index is 2.80. The van der Waals surface area contributed by atoms with Crippen LogP contribution in [0.5, 0.6) is 0 Å². The molecule has 1 rings (SSSR count). The molecule has 3 N–H and O–H groups in total. The summed E-state index contributed by atoms with van der Waals surface area (Å²) in [7, 11) is 0. The van der Waals surface area contributed by atoms with Crippen molar-refractivity contribution in [1.29, 1.82) is 0 Å². The van der Waals surface area contributed by atoms with Gasteiger partial charge in [0, 0.05) is 18.3 Å². The second kappa shape index (κ2) is 3.94. The van der Waals surface area contributed by atoms with E-state index in [9.17, 15) is 0 Å². The fourth-order valence-electron chi connectivity index (χ4n) is 0.849. The van der Waals surface area contributed by atoms with E-state index < -0.39 is 0 Å². The molecule has 0 aliphatic rings. The van der Waals surface area contributed by atoms with Crippen molar-refractivity contribution in [2.75, 3.05) is 11.9 Å². The molecule has 1 aromatic heterocycles. The summed E-state index contributed by atoms with van der Waals surface area (Å²) in [5.74, 6) is 0.680. The molecule has 1 heterocycles. The first-order valence-electron chi connectivity index (χ1n) is 4.14.